The van der Waals surface area contributed by atoms with Crippen LogP contribution >= 0.6 is 23.2 Å². The van der Waals surface area contributed by atoms with E-state index in [0.717, 1.165) is 16.6 Å². The molecule has 3 aromatic carbocycles. The Labute approximate surface area is 160 Å². The maximum atomic E-state index is 12.7. The fraction of sp³-hybridized carbons (Fsp3) is 0. The number of halogens is 2. The van der Waals surface area contributed by atoms with Gasteiger partial charge in [-0.25, -0.2) is 9.66 Å². The number of benzene rings is 3. The first-order valence-electron chi connectivity index (χ1n) is 7.92. The lowest BCUT2D eigenvalue weighted by atomic mass is 10.2. The maximum Gasteiger partial charge on any atom is 0.270 e. The zero-order valence-electron chi connectivity index (χ0n) is 13.5. The van der Waals surface area contributed by atoms with Crippen LogP contribution in [0.15, 0.2) is 72.8 Å². The molecular weight excluding hydrogens is 369 g/mol. The number of para-hydroxylation sites is 2. The van der Waals surface area contributed by atoms with Crippen LogP contribution in [-0.2, 0) is 0 Å². The highest BCUT2D eigenvalue weighted by molar-refractivity contribution is 6.31. The van der Waals surface area contributed by atoms with Crippen molar-refractivity contribution in [2.75, 3.05) is 5.43 Å². The smallest absolute Gasteiger partial charge is 0.267 e. The summed E-state index contributed by atoms with van der Waals surface area (Å²) >= 11 is 11.9. The normalized spacial score (nSPS) is 10.8. The van der Waals surface area contributed by atoms with Crippen molar-refractivity contribution in [3.8, 4) is 11.4 Å². The fourth-order valence-corrected chi connectivity index (χ4v) is 2.95. The molecule has 1 amide bonds. The molecule has 1 aromatic heterocycles. The summed E-state index contributed by atoms with van der Waals surface area (Å²) in [5.41, 5.74) is 5.87. The van der Waals surface area contributed by atoms with E-state index < -0.39 is 0 Å². The molecule has 128 valence electrons. The lowest BCUT2D eigenvalue weighted by Gasteiger charge is -2.11. The third-order valence-corrected chi connectivity index (χ3v) is 4.49. The van der Waals surface area contributed by atoms with Gasteiger partial charge in [0.05, 0.1) is 11.0 Å². The lowest BCUT2D eigenvalue weighted by Crippen LogP contribution is -2.23. The molecule has 4 aromatic rings. The van der Waals surface area contributed by atoms with Gasteiger partial charge in [-0.3, -0.25) is 10.2 Å². The third-order valence-electron chi connectivity index (χ3n) is 3.98. The van der Waals surface area contributed by atoms with Gasteiger partial charge in [-0.15, -0.1) is 0 Å². The van der Waals surface area contributed by atoms with E-state index in [1.165, 1.54) is 0 Å². The van der Waals surface area contributed by atoms with Crippen molar-refractivity contribution < 1.29 is 4.79 Å². The predicted molar refractivity (Wildman–Crippen MR) is 105 cm³/mol. The van der Waals surface area contributed by atoms with Crippen molar-refractivity contribution in [3.63, 3.8) is 0 Å². The zero-order valence-corrected chi connectivity index (χ0v) is 15.0. The summed E-state index contributed by atoms with van der Waals surface area (Å²) in [6, 6.07) is 21.7. The quantitative estimate of drug-likeness (QED) is 0.516. The molecular formula is C20H13Cl2N3O. The fourth-order valence-electron chi connectivity index (χ4n) is 2.70. The molecule has 0 radical (unpaired) electrons. The molecule has 0 aliphatic carbocycles. The molecule has 0 atom stereocenters. The predicted octanol–water partition coefficient (Wildman–Crippen LogP) is 5.39. The highest BCUT2D eigenvalue weighted by Gasteiger charge is 2.15. The summed E-state index contributed by atoms with van der Waals surface area (Å²) < 4.78 is 1.69. The summed E-state index contributed by atoms with van der Waals surface area (Å²) in [7, 11) is 0. The minimum Gasteiger partial charge on any atom is -0.267 e. The van der Waals surface area contributed by atoms with Gasteiger partial charge in [0.15, 0.2) is 5.82 Å². The second-order valence-electron chi connectivity index (χ2n) is 5.71. The van der Waals surface area contributed by atoms with E-state index in [1.807, 2.05) is 36.4 Å². The molecule has 6 heteroatoms. The van der Waals surface area contributed by atoms with Crippen molar-refractivity contribution in [1.82, 2.24) is 9.66 Å². The van der Waals surface area contributed by atoms with Gasteiger partial charge in [0.1, 0.15) is 0 Å². The molecule has 0 spiro atoms. The number of imidazole rings is 1. The molecule has 0 aliphatic rings. The van der Waals surface area contributed by atoms with E-state index in [0.29, 0.717) is 21.4 Å². The van der Waals surface area contributed by atoms with Gasteiger partial charge in [0, 0.05) is 21.2 Å². The van der Waals surface area contributed by atoms with Gasteiger partial charge in [-0.1, -0.05) is 35.3 Å². The molecule has 1 heterocycles. The van der Waals surface area contributed by atoms with Crippen molar-refractivity contribution in [3.05, 3.63) is 88.4 Å². The number of carbonyl (C=O) groups is 1. The van der Waals surface area contributed by atoms with Gasteiger partial charge in [0.2, 0.25) is 0 Å². The minimum atomic E-state index is -0.250. The Morgan fingerprint density at radius 2 is 1.46 bits per heavy atom. The van der Waals surface area contributed by atoms with Crippen molar-refractivity contribution in [1.29, 1.82) is 0 Å². The molecule has 4 rings (SSSR count). The van der Waals surface area contributed by atoms with E-state index in [1.54, 1.807) is 41.1 Å². The summed E-state index contributed by atoms with van der Waals surface area (Å²) in [5.74, 6) is 0.380. The zero-order chi connectivity index (χ0) is 18.1. The Hall–Kier alpha value is -2.82. The first-order chi connectivity index (χ1) is 12.6. The molecule has 4 nitrogen and oxygen atoms in total. The Kier molecular flexibility index (Phi) is 4.37. The Balaban J connectivity index is 1.79. The average molecular weight is 382 g/mol. The number of nitrogens with zero attached hydrogens (tertiary/aromatic N) is 2. The van der Waals surface area contributed by atoms with E-state index in [2.05, 4.69) is 10.4 Å². The number of fused-ring (bicyclic) bond motifs is 1. The molecule has 0 bridgehead atoms. The van der Waals surface area contributed by atoms with E-state index in [9.17, 15) is 4.79 Å². The average Bonchev–Trinajstić information content (AvgIpc) is 3.01. The van der Waals surface area contributed by atoms with Crippen LogP contribution in [0.2, 0.25) is 10.0 Å². The number of hydrogen-bond acceptors (Lipinski definition) is 2. The molecule has 26 heavy (non-hydrogen) atoms. The molecule has 0 fully saturated rings. The van der Waals surface area contributed by atoms with Crippen LogP contribution in [0, 0.1) is 0 Å². The van der Waals surface area contributed by atoms with Gasteiger partial charge >= 0.3 is 0 Å². The van der Waals surface area contributed by atoms with Gasteiger partial charge in [-0.05, 0) is 60.7 Å². The molecule has 0 aliphatic heterocycles. The van der Waals surface area contributed by atoms with Crippen LogP contribution in [0.1, 0.15) is 10.4 Å². The standard InChI is InChI=1S/C20H13Cl2N3O/c21-15-9-5-13(6-10-15)19-23-17-3-1-2-4-18(17)25(19)24-20(26)14-7-11-16(22)12-8-14/h1-12H,(H,24,26). The van der Waals surface area contributed by atoms with Crippen molar-refractivity contribution in [2.24, 2.45) is 0 Å². The Bertz CT molecular complexity index is 1090. The number of nitrogens with one attached hydrogen (secondary N) is 1. The van der Waals surface area contributed by atoms with E-state index in [-0.39, 0.29) is 5.91 Å². The van der Waals surface area contributed by atoms with Crippen LogP contribution in [0.4, 0.5) is 0 Å². The third kappa shape index (κ3) is 3.17. The first kappa shape index (κ1) is 16.6. The Morgan fingerprint density at radius 1 is 0.846 bits per heavy atom. The van der Waals surface area contributed by atoms with Gasteiger partial charge < -0.3 is 0 Å². The summed E-state index contributed by atoms with van der Waals surface area (Å²) in [4.78, 5) is 17.3. The largest absolute Gasteiger partial charge is 0.270 e. The number of rotatable bonds is 3. The van der Waals surface area contributed by atoms with Crippen LogP contribution in [-0.4, -0.2) is 15.6 Å². The SMILES string of the molecule is O=C(Nn1c(-c2ccc(Cl)cc2)nc2ccccc21)c1ccc(Cl)cc1. The Morgan fingerprint density at radius 3 is 2.15 bits per heavy atom. The number of hydrogen-bond donors (Lipinski definition) is 1. The molecule has 0 saturated heterocycles. The second-order valence-corrected chi connectivity index (χ2v) is 6.59. The van der Waals surface area contributed by atoms with Crippen molar-refractivity contribution >= 4 is 40.1 Å². The minimum absolute atomic E-state index is 0.250. The highest BCUT2D eigenvalue weighted by Crippen LogP contribution is 2.25. The van der Waals surface area contributed by atoms with Crippen LogP contribution in [0.25, 0.3) is 22.4 Å². The monoisotopic (exact) mass is 381 g/mol. The molecule has 0 unspecified atom stereocenters. The van der Waals surface area contributed by atoms with E-state index in [4.69, 9.17) is 23.2 Å². The molecule has 1 N–H and O–H groups in total. The summed E-state index contributed by atoms with van der Waals surface area (Å²) in [6.45, 7) is 0. The maximum absolute atomic E-state index is 12.7. The lowest BCUT2D eigenvalue weighted by molar-refractivity contribution is 0.101. The number of amides is 1. The van der Waals surface area contributed by atoms with Gasteiger partial charge in [0.25, 0.3) is 5.91 Å². The number of aromatic nitrogens is 2. The first-order valence-corrected chi connectivity index (χ1v) is 8.68. The topological polar surface area (TPSA) is 46.9 Å². The van der Waals surface area contributed by atoms with Gasteiger partial charge in [-0.2, -0.15) is 0 Å². The second kappa shape index (κ2) is 6.83. The van der Waals surface area contributed by atoms with Crippen LogP contribution in [0.5, 0.6) is 0 Å². The van der Waals surface area contributed by atoms with E-state index >= 15 is 0 Å². The summed E-state index contributed by atoms with van der Waals surface area (Å²) in [5, 5.41) is 1.22. The highest BCUT2D eigenvalue weighted by atomic mass is 35.5. The van der Waals surface area contributed by atoms with Crippen LogP contribution < -0.4 is 5.43 Å². The van der Waals surface area contributed by atoms with Crippen LogP contribution in [0.3, 0.4) is 0 Å². The van der Waals surface area contributed by atoms with Crippen molar-refractivity contribution in [2.45, 2.75) is 0 Å². The number of carbonyl (C=O) groups excluding carboxylic acids is 1. The summed E-state index contributed by atoms with van der Waals surface area (Å²) in [6.07, 6.45) is 0. The molecule has 0 saturated carbocycles.